The minimum Gasteiger partial charge on any atom is -0.376 e. The summed E-state index contributed by atoms with van der Waals surface area (Å²) in [6.07, 6.45) is 4.88. The summed E-state index contributed by atoms with van der Waals surface area (Å²) >= 11 is 0. The van der Waals surface area contributed by atoms with E-state index >= 15 is 0 Å². The highest BCUT2D eigenvalue weighted by molar-refractivity contribution is 7.89. The summed E-state index contributed by atoms with van der Waals surface area (Å²) in [5.41, 5.74) is 1.58. The van der Waals surface area contributed by atoms with E-state index in [1.54, 1.807) is 18.2 Å². The molecule has 0 saturated heterocycles. The Morgan fingerprint density at radius 2 is 1.80 bits per heavy atom. The lowest BCUT2D eigenvalue weighted by atomic mass is 10.1. The highest BCUT2D eigenvalue weighted by atomic mass is 32.2. The third kappa shape index (κ3) is 4.33. The van der Waals surface area contributed by atoms with E-state index in [1.165, 1.54) is 44.1 Å². The molecule has 1 amide bonds. The summed E-state index contributed by atoms with van der Waals surface area (Å²) in [5, 5.41) is 6.26. The first-order valence-corrected chi connectivity index (χ1v) is 10.3. The molecule has 0 unspecified atom stereocenters. The fourth-order valence-corrected chi connectivity index (χ4v) is 4.03. The Morgan fingerprint density at radius 3 is 2.32 bits per heavy atom. The molecule has 0 aromatic heterocycles. The Bertz CT molecular complexity index is 741. The first kappa shape index (κ1) is 18.2. The number of nitrogens with one attached hydrogen (secondary N) is 2. The number of carbonyl (C=O) groups is 1. The smallest absolute Gasteiger partial charge is 0.242 e. The van der Waals surface area contributed by atoms with E-state index in [1.807, 2.05) is 6.92 Å². The maximum absolute atomic E-state index is 12.3. The maximum atomic E-state index is 12.3. The first-order valence-electron chi connectivity index (χ1n) is 8.85. The van der Waals surface area contributed by atoms with Gasteiger partial charge in [-0.25, -0.2) is 12.7 Å². The number of carbonyl (C=O) groups excluding carboxylic acids is 1. The van der Waals surface area contributed by atoms with Crippen molar-refractivity contribution in [2.45, 2.75) is 43.5 Å². The Labute approximate surface area is 150 Å². The molecular weight excluding hydrogens is 338 g/mol. The van der Waals surface area contributed by atoms with E-state index in [4.69, 9.17) is 0 Å². The Hall–Kier alpha value is -1.60. The van der Waals surface area contributed by atoms with Crippen LogP contribution in [0.25, 0.3) is 0 Å². The maximum Gasteiger partial charge on any atom is 0.242 e. The van der Waals surface area contributed by atoms with Gasteiger partial charge in [-0.15, -0.1) is 0 Å². The van der Waals surface area contributed by atoms with Crippen molar-refractivity contribution < 1.29 is 13.2 Å². The van der Waals surface area contributed by atoms with Crippen molar-refractivity contribution in [3.63, 3.8) is 0 Å². The molecular formula is C18H27N3O3S. The van der Waals surface area contributed by atoms with Gasteiger partial charge in [-0.1, -0.05) is 6.07 Å². The van der Waals surface area contributed by atoms with Gasteiger partial charge in [0, 0.05) is 25.8 Å². The van der Waals surface area contributed by atoms with Crippen LogP contribution in [0.4, 0.5) is 5.69 Å². The molecule has 0 spiro atoms. The van der Waals surface area contributed by atoms with Crippen molar-refractivity contribution >= 4 is 21.6 Å². The second kappa shape index (κ2) is 6.96. The number of nitrogens with zero attached hydrogens (tertiary/aromatic N) is 1. The molecule has 0 heterocycles. The van der Waals surface area contributed by atoms with Crippen LogP contribution in [0, 0.1) is 18.8 Å². The lowest BCUT2D eigenvalue weighted by Crippen LogP contribution is -2.41. The second-order valence-corrected chi connectivity index (χ2v) is 9.54. The summed E-state index contributed by atoms with van der Waals surface area (Å²) in [7, 11) is -0.476. The number of anilines is 1. The zero-order valence-electron chi connectivity index (χ0n) is 15.1. The number of benzene rings is 1. The quantitative estimate of drug-likeness (QED) is 0.738. The molecule has 7 heteroatoms. The molecule has 6 nitrogen and oxygen atoms in total. The largest absolute Gasteiger partial charge is 0.376 e. The number of amides is 1. The standard InChI is InChI=1S/C18H27N3O3S/c1-12-4-9-15(25(23,24)21(2)3)10-16(12)19-11-17(22)20-18(13-5-6-13)14-7-8-14/h4,9-10,13-14,18-19H,5-8,11H2,1-3H3,(H,20,22). The molecule has 2 saturated carbocycles. The van der Waals surface area contributed by atoms with Crippen LogP contribution in [0.2, 0.25) is 0 Å². The van der Waals surface area contributed by atoms with E-state index in [-0.39, 0.29) is 17.3 Å². The summed E-state index contributed by atoms with van der Waals surface area (Å²) in [6, 6.07) is 5.27. The zero-order chi connectivity index (χ0) is 18.2. The summed E-state index contributed by atoms with van der Waals surface area (Å²) in [6.45, 7) is 2.05. The predicted molar refractivity (Wildman–Crippen MR) is 97.9 cm³/mol. The normalized spacial score (nSPS) is 17.8. The van der Waals surface area contributed by atoms with E-state index in [9.17, 15) is 13.2 Å². The first-order chi connectivity index (χ1) is 11.8. The predicted octanol–water partition coefficient (Wildman–Crippen LogP) is 1.96. The highest BCUT2D eigenvalue weighted by Crippen LogP contribution is 2.44. The van der Waals surface area contributed by atoms with E-state index in [0.29, 0.717) is 23.6 Å². The third-order valence-electron chi connectivity index (χ3n) is 5.01. The number of sulfonamides is 1. The van der Waals surface area contributed by atoms with Gasteiger partial charge in [-0.3, -0.25) is 4.79 Å². The molecule has 2 aliphatic carbocycles. The molecule has 1 aromatic rings. The average Bonchev–Trinajstić information content (AvgIpc) is 3.45. The van der Waals surface area contributed by atoms with E-state index in [0.717, 1.165) is 5.56 Å². The molecule has 0 atom stereocenters. The molecule has 2 N–H and O–H groups in total. The van der Waals surface area contributed by atoms with E-state index < -0.39 is 10.0 Å². The molecule has 2 fully saturated rings. The van der Waals surface area contributed by atoms with Gasteiger partial charge in [0.05, 0.1) is 11.4 Å². The van der Waals surface area contributed by atoms with Crippen molar-refractivity contribution in [3.8, 4) is 0 Å². The van der Waals surface area contributed by atoms with Crippen LogP contribution in [0.15, 0.2) is 23.1 Å². The fraction of sp³-hybridized carbons (Fsp3) is 0.611. The van der Waals surface area contributed by atoms with Crippen molar-refractivity contribution in [3.05, 3.63) is 23.8 Å². The van der Waals surface area contributed by atoms with Crippen LogP contribution < -0.4 is 10.6 Å². The molecule has 138 valence electrons. The highest BCUT2D eigenvalue weighted by Gasteiger charge is 2.42. The van der Waals surface area contributed by atoms with Crippen molar-refractivity contribution in [2.24, 2.45) is 11.8 Å². The fourth-order valence-electron chi connectivity index (χ4n) is 3.11. The topological polar surface area (TPSA) is 78.5 Å². The number of rotatable bonds is 8. The molecule has 25 heavy (non-hydrogen) atoms. The van der Waals surface area contributed by atoms with Gasteiger partial charge >= 0.3 is 0 Å². The van der Waals surface area contributed by atoms with Crippen molar-refractivity contribution in [1.82, 2.24) is 9.62 Å². The molecule has 0 radical (unpaired) electrons. The zero-order valence-corrected chi connectivity index (χ0v) is 15.9. The van der Waals surface area contributed by atoms with Crippen LogP contribution in [0.5, 0.6) is 0 Å². The number of hydrogen-bond acceptors (Lipinski definition) is 4. The summed E-state index contributed by atoms with van der Waals surface area (Å²) < 4.78 is 25.7. The third-order valence-corrected chi connectivity index (χ3v) is 6.83. The lowest BCUT2D eigenvalue weighted by Gasteiger charge is -2.19. The Morgan fingerprint density at radius 1 is 1.20 bits per heavy atom. The summed E-state index contributed by atoms with van der Waals surface area (Å²) in [4.78, 5) is 12.5. The molecule has 0 aliphatic heterocycles. The minimum atomic E-state index is -3.49. The molecule has 0 bridgehead atoms. The van der Waals surface area contributed by atoms with Crippen LogP contribution in [-0.2, 0) is 14.8 Å². The van der Waals surface area contributed by atoms with Crippen LogP contribution in [-0.4, -0.2) is 45.3 Å². The number of hydrogen-bond donors (Lipinski definition) is 2. The van der Waals surface area contributed by atoms with Gasteiger partial charge in [0.1, 0.15) is 0 Å². The lowest BCUT2D eigenvalue weighted by molar-refractivity contribution is -0.120. The van der Waals surface area contributed by atoms with Crippen LogP contribution in [0.3, 0.4) is 0 Å². The SMILES string of the molecule is Cc1ccc(S(=O)(=O)N(C)C)cc1NCC(=O)NC(C1CC1)C1CC1. The number of aryl methyl sites for hydroxylation is 1. The minimum absolute atomic E-state index is 0.0240. The molecule has 1 aromatic carbocycles. The van der Waals surface area contributed by atoms with E-state index in [2.05, 4.69) is 10.6 Å². The molecule has 3 rings (SSSR count). The van der Waals surface area contributed by atoms with Crippen LogP contribution in [0.1, 0.15) is 31.2 Å². The summed E-state index contributed by atoms with van der Waals surface area (Å²) in [5.74, 6) is 1.29. The van der Waals surface area contributed by atoms with Crippen molar-refractivity contribution in [2.75, 3.05) is 26.0 Å². The van der Waals surface area contributed by atoms with Gasteiger partial charge in [-0.2, -0.15) is 0 Å². The van der Waals surface area contributed by atoms with Crippen molar-refractivity contribution in [1.29, 1.82) is 0 Å². The van der Waals surface area contributed by atoms with Gasteiger partial charge in [0.15, 0.2) is 0 Å². The van der Waals surface area contributed by atoms with Gasteiger partial charge in [0.25, 0.3) is 0 Å². The van der Waals surface area contributed by atoms with Gasteiger partial charge < -0.3 is 10.6 Å². The van der Waals surface area contributed by atoms with Gasteiger partial charge in [0.2, 0.25) is 15.9 Å². The van der Waals surface area contributed by atoms with Crippen LogP contribution >= 0.6 is 0 Å². The Kier molecular flexibility index (Phi) is 5.06. The monoisotopic (exact) mass is 365 g/mol. The molecule has 2 aliphatic rings. The second-order valence-electron chi connectivity index (χ2n) is 7.39. The Balaban J connectivity index is 1.63. The van der Waals surface area contributed by atoms with Gasteiger partial charge in [-0.05, 0) is 62.1 Å². The average molecular weight is 365 g/mol.